The first kappa shape index (κ1) is 20.6. The highest BCUT2D eigenvalue weighted by molar-refractivity contribution is 7.16. The Kier molecular flexibility index (Phi) is 5.90. The van der Waals surface area contributed by atoms with E-state index < -0.39 is 24.6 Å². The molecule has 2 aromatic heterocycles. The number of hydrogen-bond donors (Lipinski definition) is 3. The van der Waals surface area contributed by atoms with Gasteiger partial charge in [-0.3, -0.25) is 4.79 Å². The minimum atomic E-state index is -1.14. The standard InChI is InChI=1S/C22H21FN2O4S/c23-14-5-3-12(4-6-14)19-17(8-7-15(26)9-16(27)10-18(28)29)20(13-1-2-13)25-22-21(19)24-11-30-22/h3-8,11,13,15-16,26-27H,1-2,9-10H2,(H,28,29)/b8-7+. The van der Waals surface area contributed by atoms with E-state index in [0.29, 0.717) is 5.92 Å². The second-order valence-electron chi connectivity index (χ2n) is 7.49. The number of carboxylic acids is 1. The molecule has 0 amide bonds. The number of carbonyl (C=O) groups is 1. The van der Waals surface area contributed by atoms with Gasteiger partial charge in [0.1, 0.15) is 16.2 Å². The predicted molar refractivity (Wildman–Crippen MR) is 113 cm³/mol. The molecule has 1 aliphatic rings. The van der Waals surface area contributed by atoms with Gasteiger partial charge in [0.15, 0.2) is 0 Å². The lowest BCUT2D eigenvalue weighted by molar-refractivity contribution is -0.139. The summed E-state index contributed by atoms with van der Waals surface area (Å²) in [6, 6.07) is 6.19. The number of aliphatic hydroxyl groups is 2. The molecule has 2 unspecified atom stereocenters. The average Bonchev–Trinajstić information content (AvgIpc) is 3.43. The van der Waals surface area contributed by atoms with Crippen LogP contribution in [0.4, 0.5) is 4.39 Å². The number of aromatic nitrogens is 2. The summed E-state index contributed by atoms with van der Waals surface area (Å²) in [7, 11) is 0. The van der Waals surface area contributed by atoms with E-state index in [1.165, 1.54) is 23.5 Å². The largest absolute Gasteiger partial charge is 0.481 e. The zero-order valence-corrected chi connectivity index (χ0v) is 16.8. The van der Waals surface area contributed by atoms with Crippen LogP contribution < -0.4 is 0 Å². The van der Waals surface area contributed by atoms with Crippen LogP contribution >= 0.6 is 11.3 Å². The van der Waals surface area contributed by atoms with E-state index in [1.54, 1.807) is 29.8 Å². The third-order valence-electron chi connectivity index (χ3n) is 5.06. The van der Waals surface area contributed by atoms with Crippen LogP contribution in [0.2, 0.25) is 0 Å². The maximum absolute atomic E-state index is 13.5. The molecule has 1 aromatic carbocycles. The molecule has 0 spiro atoms. The molecule has 8 heteroatoms. The minimum Gasteiger partial charge on any atom is -0.481 e. The smallest absolute Gasteiger partial charge is 0.305 e. The van der Waals surface area contributed by atoms with E-state index in [1.807, 2.05) is 0 Å². The van der Waals surface area contributed by atoms with Gasteiger partial charge >= 0.3 is 5.97 Å². The monoisotopic (exact) mass is 428 g/mol. The van der Waals surface area contributed by atoms with Crippen molar-refractivity contribution < 1.29 is 24.5 Å². The van der Waals surface area contributed by atoms with Crippen LogP contribution in [0, 0.1) is 5.82 Å². The molecule has 2 heterocycles. The third-order valence-corrected chi connectivity index (χ3v) is 5.78. The Labute approximate surface area is 176 Å². The van der Waals surface area contributed by atoms with Crippen molar-refractivity contribution in [3.63, 3.8) is 0 Å². The van der Waals surface area contributed by atoms with Crippen molar-refractivity contribution in [3.8, 4) is 11.1 Å². The highest BCUT2D eigenvalue weighted by Crippen LogP contribution is 2.45. The lowest BCUT2D eigenvalue weighted by Crippen LogP contribution is -2.19. The van der Waals surface area contributed by atoms with E-state index in [9.17, 15) is 19.4 Å². The van der Waals surface area contributed by atoms with Crippen LogP contribution in [0.25, 0.3) is 27.6 Å². The molecule has 0 radical (unpaired) electrons. The fourth-order valence-corrected chi connectivity index (χ4v) is 4.19. The number of nitrogens with zero attached hydrogens (tertiary/aromatic N) is 2. The molecular weight excluding hydrogens is 407 g/mol. The van der Waals surface area contributed by atoms with Crippen molar-refractivity contribution in [2.24, 2.45) is 0 Å². The second-order valence-corrected chi connectivity index (χ2v) is 8.32. The number of hydrogen-bond acceptors (Lipinski definition) is 6. The van der Waals surface area contributed by atoms with E-state index in [0.717, 1.165) is 45.6 Å². The van der Waals surface area contributed by atoms with Gasteiger partial charge in [-0.15, -0.1) is 11.3 Å². The molecule has 3 N–H and O–H groups in total. The molecule has 6 nitrogen and oxygen atoms in total. The zero-order valence-electron chi connectivity index (χ0n) is 16.0. The predicted octanol–water partition coefficient (Wildman–Crippen LogP) is 3.97. The number of fused-ring (bicyclic) bond motifs is 1. The van der Waals surface area contributed by atoms with Gasteiger partial charge in [0.25, 0.3) is 0 Å². The van der Waals surface area contributed by atoms with Gasteiger partial charge in [-0.2, -0.15) is 0 Å². The summed E-state index contributed by atoms with van der Waals surface area (Å²) < 4.78 is 13.5. The van der Waals surface area contributed by atoms with Crippen molar-refractivity contribution in [2.45, 2.75) is 43.8 Å². The van der Waals surface area contributed by atoms with E-state index in [2.05, 4.69) is 4.98 Å². The van der Waals surface area contributed by atoms with Crippen molar-refractivity contribution in [2.75, 3.05) is 0 Å². The average molecular weight is 428 g/mol. The third kappa shape index (κ3) is 4.56. The normalized spacial score (nSPS) is 16.2. The SMILES string of the molecule is O=C(O)CC(O)CC(O)/C=C/c1c(C2CC2)nc2scnc2c1-c1ccc(F)cc1. The first-order valence-corrected chi connectivity index (χ1v) is 10.6. The Bertz CT molecular complexity index is 1090. The zero-order chi connectivity index (χ0) is 21.3. The summed E-state index contributed by atoms with van der Waals surface area (Å²) in [5.41, 5.74) is 5.81. The summed E-state index contributed by atoms with van der Waals surface area (Å²) >= 11 is 1.45. The molecule has 4 rings (SSSR count). The van der Waals surface area contributed by atoms with Crippen LogP contribution in [0.15, 0.2) is 35.9 Å². The maximum Gasteiger partial charge on any atom is 0.305 e. The molecule has 1 aliphatic carbocycles. The summed E-state index contributed by atoms with van der Waals surface area (Å²) in [5.74, 6) is -1.12. The molecule has 0 saturated heterocycles. The Morgan fingerprint density at radius 1 is 1.27 bits per heavy atom. The number of aliphatic carboxylic acids is 1. The van der Waals surface area contributed by atoms with Crippen molar-refractivity contribution in [3.05, 3.63) is 52.9 Å². The molecule has 30 heavy (non-hydrogen) atoms. The Morgan fingerprint density at radius 3 is 2.67 bits per heavy atom. The number of halogens is 1. The van der Waals surface area contributed by atoms with E-state index in [4.69, 9.17) is 10.1 Å². The Morgan fingerprint density at radius 2 is 2.00 bits per heavy atom. The quantitative estimate of drug-likeness (QED) is 0.502. The van der Waals surface area contributed by atoms with Gasteiger partial charge < -0.3 is 15.3 Å². The number of thiazole rings is 1. The summed E-state index contributed by atoms with van der Waals surface area (Å²) in [6.45, 7) is 0. The highest BCUT2D eigenvalue weighted by atomic mass is 32.1. The molecule has 156 valence electrons. The van der Waals surface area contributed by atoms with Crippen molar-refractivity contribution >= 4 is 33.7 Å². The van der Waals surface area contributed by atoms with Gasteiger partial charge in [0.05, 0.1) is 29.8 Å². The fourth-order valence-electron chi connectivity index (χ4n) is 3.51. The molecule has 1 saturated carbocycles. The highest BCUT2D eigenvalue weighted by Gasteiger charge is 2.30. The van der Waals surface area contributed by atoms with E-state index in [-0.39, 0.29) is 12.2 Å². The van der Waals surface area contributed by atoms with Gasteiger partial charge in [0.2, 0.25) is 0 Å². The lowest BCUT2D eigenvalue weighted by Gasteiger charge is -2.14. The van der Waals surface area contributed by atoms with Gasteiger partial charge in [0, 0.05) is 23.5 Å². The van der Waals surface area contributed by atoms with Crippen molar-refractivity contribution in [1.29, 1.82) is 0 Å². The fraction of sp³-hybridized carbons (Fsp3) is 0.318. The molecule has 2 atom stereocenters. The van der Waals surface area contributed by atoms with Crippen molar-refractivity contribution in [1.82, 2.24) is 9.97 Å². The number of benzene rings is 1. The second kappa shape index (κ2) is 8.59. The summed E-state index contributed by atoms with van der Waals surface area (Å²) in [5, 5.41) is 28.8. The van der Waals surface area contributed by atoms with Crippen LogP contribution in [0.3, 0.4) is 0 Å². The first-order chi connectivity index (χ1) is 14.4. The molecule has 3 aromatic rings. The molecular formula is C22H21FN2O4S. The van der Waals surface area contributed by atoms with Gasteiger partial charge in [-0.25, -0.2) is 14.4 Å². The van der Waals surface area contributed by atoms with Crippen LogP contribution in [0.1, 0.15) is 42.9 Å². The van der Waals surface area contributed by atoms with Gasteiger partial charge in [-0.1, -0.05) is 24.3 Å². The molecule has 0 bridgehead atoms. The molecule has 0 aliphatic heterocycles. The summed E-state index contributed by atoms with van der Waals surface area (Å²) in [6.07, 6.45) is 2.70. The van der Waals surface area contributed by atoms with Crippen LogP contribution in [-0.2, 0) is 4.79 Å². The van der Waals surface area contributed by atoms with Crippen LogP contribution in [0.5, 0.6) is 0 Å². The van der Waals surface area contributed by atoms with E-state index >= 15 is 0 Å². The van der Waals surface area contributed by atoms with Crippen LogP contribution in [-0.4, -0.2) is 43.5 Å². The molecule has 1 fully saturated rings. The topological polar surface area (TPSA) is 104 Å². The lowest BCUT2D eigenvalue weighted by atomic mass is 9.95. The number of carboxylic acid groups (broad SMARTS) is 1. The van der Waals surface area contributed by atoms with Gasteiger partial charge in [-0.05, 0) is 30.5 Å². The summed E-state index contributed by atoms with van der Waals surface area (Å²) in [4.78, 5) is 20.8. The minimum absolute atomic E-state index is 0.0835. The number of aliphatic hydroxyl groups excluding tert-OH is 2. The Balaban J connectivity index is 1.75. The first-order valence-electron chi connectivity index (χ1n) is 9.71. The number of pyridine rings is 1. The number of rotatable bonds is 8. The maximum atomic E-state index is 13.5. The Hall–Kier alpha value is -2.68.